The first kappa shape index (κ1) is 20.4. The molecule has 5 nitrogen and oxygen atoms in total. The molecule has 26 heavy (non-hydrogen) atoms. The van der Waals surface area contributed by atoms with E-state index in [9.17, 15) is 14.4 Å². The Bertz CT molecular complexity index is 789. The summed E-state index contributed by atoms with van der Waals surface area (Å²) < 4.78 is 5.42. The first-order valence-corrected chi connectivity index (χ1v) is 9.41. The summed E-state index contributed by atoms with van der Waals surface area (Å²) in [6, 6.07) is 10.1. The van der Waals surface area contributed by atoms with Gasteiger partial charge in [-0.3, -0.25) is 14.4 Å². The SMILES string of the molecule is C[C@@H](NC(=O)COC(=O)CCC(=O)c1ccc(Cl)s1)c1ccc(Cl)cc1. The Balaban J connectivity index is 1.70. The molecule has 0 unspecified atom stereocenters. The Morgan fingerprint density at radius 1 is 1.08 bits per heavy atom. The molecule has 2 rings (SSSR count). The molecule has 1 N–H and O–H groups in total. The van der Waals surface area contributed by atoms with Crippen LogP contribution in [-0.2, 0) is 14.3 Å². The number of Topliss-reactive ketones (excluding diaryl/α,β-unsaturated/α-hetero) is 1. The Labute approximate surface area is 165 Å². The number of rotatable bonds is 8. The minimum atomic E-state index is -0.602. The lowest BCUT2D eigenvalue weighted by atomic mass is 10.1. The first-order valence-electron chi connectivity index (χ1n) is 7.84. The number of carbonyl (C=O) groups is 3. The maximum absolute atomic E-state index is 11.9. The van der Waals surface area contributed by atoms with E-state index in [1.165, 1.54) is 0 Å². The van der Waals surface area contributed by atoms with Gasteiger partial charge in [-0.1, -0.05) is 35.3 Å². The molecule has 1 atom stereocenters. The van der Waals surface area contributed by atoms with E-state index < -0.39 is 18.5 Å². The molecule has 0 saturated heterocycles. The van der Waals surface area contributed by atoms with Crippen LogP contribution < -0.4 is 5.32 Å². The van der Waals surface area contributed by atoms with Crippen molar-refractivity contribution in [3.63, 3.8) is 0 Å². The molecule has 2 aromatic rings. The van der Waals surface area contributed by atoms with Crippen molar-refractivity contribution >= 4 is 52.2 Å². The van der Waals surface area contributed by atoms with Crippen LogP contribution >= 0.6 is 34.5 Å². The Hall–Kier alpha value is -1.89. The molecule has 8 heteroatoms. The molecule has 1 amide bonds. The zero-order valence-electron chi connectivity index (χ0n) is 14.0. The molecule has 0 aliphatic heterocycles. The third kappa shape index (κ3) is 6.44. The molecule has 0 saturated carbocycles. The zero-order valence-corrected chi connectivity index (χ0v) is 16.3. The van der Waals surface area contributed by atoms with Crippen LogP contribution in [0.1, 0.15) is 41.0 Å². The molecular weight excluding hydrogens is 397 g/mol. The number of hydrogen-bond donors (Lipinski definition) is 1. The third-order valence-electron chi connectivity index (χ3n) is 3.52. The normalized spacial score (nSPS) is 11.7. The van der Waals surface area contributed by atoms with E-state index in [0.29, 0.717) is 14.2 Å². The summed E-state index contributed by atoms with van der Waals surface area (Å²) in [5.41, 5.74) is 0.884. The summed E-state index contributed by atoms with van der Waals surface area (Å²) in [5, 5.41) is 3.34. The summed E-state index contributed by atoms with van der Waals surface area (Å²) >= 11 is 12.8. The fraction of sp³-hybridized carbons (Fsp3) is 0.278. The zero-order chi connectivity index (χ0) is 19.1. The summed E-state index contributed by atoms with van der Waals surface area (Å²) in [4.78, 5) is 35.9. The van der Waals surface area contributed by atoms with Gasteiger partial charge in [0.2, 0.25) is 0 Å². The van der Waals surface area contributed by atoms with E-state index in [-0.39, 0.29) is 24.7 Å². The molecule has 0 aliphatic rings. The predicted molar refractivity (Wildman–Crippen MR) is 102 cm³/mol. The number of nitrogens with one attached hydrogen (secondary N) is 1. The van der Waals surface area contributed by atoms with Gasteiger partial charge in [0.25, 0.3) is 5.91 Å². The van der Waals surface area contributed by atoms with E-state index in [2.05, 4.69) is 5.32 Å². The highest BCUT2D eigenvalue weighted by Gasteiger charge is 2.15. The lowest BCUT2D eigenvalue weighted by molar-refractivity contribution is -0.148. The van der Waals surface area contributed by atoms with Crippen LogP contribution in [0.15, 0.2) is 36.4 Å². The van der Waals surface area contributed by atoms with Crippen molar-refractivity contribution in [3.8, 4) is 0 Å². The summed E-state index contributed by atoms with van der Waals surface area (Å²) in [6.07, 6.45) is -0.0765. The number of halogens is 2. The second kappa shape index (κ2) is 9.71. The van der Waals surface area contributed by atoms with E-state index in [1.807, 2.05) is 19.1 Å². The fourth-order valence-corrected chi connectivity index (χ4v) is 3.28. The lowest BCUT2D eigenvalue weighted by Gasteiger charge is -2.14. The number of thiophene rings is 1. The highest BCUT2D eigenvalue weighted by molar-refractivity contribution is 7.18. The smallest absolute Gasteiger partial charge is 0.306 e. The summed E-state index contributed by atoms with van der Waals surface area (Å²) in [7, 11) is 0. The van der Waals surface area contributed by atoms with Crippen LogP contribution in [0.5, 0.6) is 0 Å². The van der Waals surface area contributed by atoms with Crippen molar-refractivity contribution < 1.29 is 19.1 Å². The van der Waals surface area contributed by atoms with Crippen LogP contribution in [0.4, 0.5) is 0 Å². The van der Waals surface area contributed by atoms with Crippen LogP contribution in [0.25, 0.3) is 0 Å². The van der Waals surface area contributed by atoms with Gasteiger partial charge in [-0.25, -0.2) is 0 Å². The maximum atomic E-state index is 11.9. The number of amides is 1. The van der Waals surface area contributed by atoms with E-state index in [1.54, 1.807) is 24.3 Å². The number of benzene rings is 1. The van der Waals surface area contributed by atoms with Gasteiger partial charge in [0.1, 0.15) is 0 Å². The highest BCUT2D eigenvalue weighted by Crippen LogP contribution is 2.23. The quantitative estimate of drug-likeness (QED) is 0.512. The molecular formula is C18H17Cl2NO4S. The van der Waals surface area contributed by atoms with Crippen LogP contribution in [0.3, 0.4) is 0 Å². The second-order valence-electron chi connectivity index (χ2n) is 5.53. The van der Waals surface area contributed by atoms with Crippen molar-refractivity contribution in [1.82, 2.24) is 5.32 Å². The Morgan fingerprint density at radius 2 is 1.77 bits per heavy atom. The van der Waals surface area contributed by atoms with Crippen molar-refractivity contribution in [3.05, 3.63) is 56.2 Å². The summed E-state index contributed by atoms with van der Waals surface area (Å²) in [6.45, 7) is 1.42. The van der Waals surface area contributed by atoms with Crippen molar-refractivity contribution in [1.29, 1.82) is 0 Å². The first-order chi connectivity index (χ1) is 12.3. The minimum absolute atomic E-state index is 0.0124. The lowest BCUT2D eigenvalue weighted by Crippen LogP contribution is -2.31. The maximum Gasteiger partial charge on any atom is 0.306 e. The molecule has 0 radical (unpaired) electrons. The second-order valence-corrected chi connectivity index (χ2v) is 7.68. The van der Waals surface area contributed by atoms with E-state index in [0.717, 1.165) is 16.9 Å². The van der Waals surface area contributed by atoms with Crippen molar-refractivity contribution in [2.75, 3.05) is 6.61 Å². The van der Waals surface area contributed by atoms with Gasteiger partial charge in [0, 0.05) is 11.4 Å². The average Bonchev–Trinajstić information content (AvgIpc) is 3.05. The molecule has 1 aromatic carbocycles. The highest BCUT2D eigenvalue weighted by atomic mass is 35.5. The van der Waals surface area contributed by atoms with E-state index in [4.69, 9.17) is 27.9 Å². The van der Waals surface area contributed by atoms with Gasteiger partial charge in [0.15, 0.2) is 12.4 Å². The Kier molecular flexibility index (Phi) is 7.63. The molecule has 0 fully saturated rings. The number of ether oxygens (including phenoxy) is 1. The van der Waals surface area contributed by atoms with Gasteiger partial charge < -0.3 is 10.1 Å². The van der Waals surface area contributed by atoms with Crippen molar-refractivity contribution in [2.24, 2.45) is 0 Å². The average molecular weight is 414 g/mol. The molecule has 138 valence electrons. The topological polar surface area (TPSA) is 72.5 Å². The van der Waals surface area contributed by atoms with E-state index >= 15 is 0 Å². The molecule has 1 aromatic heterocycles. The summed E-state index contributed by atoms with van der Waals surface area (Å²) in [5.74, 6) is -1.20. The van der Waals surface area contributed by atoms with Gasteiger partial charge in [-0.2, -0.15) is 0 Å². The molecule has 0 aliphatic carbocycles. The van der Waals surface area contributed by atoms with Crippen LogP contribution in [0, 0.1) is 0 Å². The van der Waals surface area contributed by atoms with Gasteiger partial charge in [-0.15, -0.1) is 11.3 Å². The van der Waals surface area contributed by atoms with Crippen LogP contribution in [0.2, 0.25) is 9.36 Å². The largest absolute Gasteiger partial charge is 0.456 e. The Morgan fingerprint density at radius 3 is 2.38 bits per heavy atom. The van der Waals surface area contributed by atoms with Gasteiger partial charge in [-0.05, 0) is 36.8 Å². The standard InChI is InChI=1S/C18H17Cl2NO4S/c1-11(12-2-4-13(19)5-3-12)21-17(23)10-25-18(24)9-6-14(22)15-7-8-16(20)26-15/h2-5,7-8,11H,6,9-10H2,1H3,(H,21,23)/t11-/m1/s1. The van der Waals surface area contributed by atoms with Gasteiger partial charge in [0.05, 0.1) is 21.7 Å². The minimum Gasteiger partial charge on any atom is -0.456 e. The number of hydrogen-bond acceptors (Lipinski definition) is 5. The van der Waals surface area contributed by atoms with Crippen LogP contribution in [-0.4, -0.2) is 24.3 Å². The molecule has 0 bridgehead atoms. The monoisotopic (exact) mass is 413 g/mol. The number of esters is 1. The molecule has 0 spiro atoms. The van der Waals surface area contributed by atoms with Crippen molar-refractivity contribution in [2.45, 2.75) is 25.8 Å². The third-order valence-corrected chi connectivity index (χ3v) is 5.04. The predicted octanol–water partition coefficient (Wildman–Crippen LogP) is 4.44. The fourth-order valence-electron chi connectivity index (χ4n) is 2.14. The number of carbonyl (C=O) groups excluding carboxylic acids is 3. The molecule has 1 heterocycles. The van der Waals surface area contributed by atoms with Gasteiger partial charge >= 0.3 is 5.97 Å². The number of ketones is 1.